The molecule has 44 heavy (non-hydrogen) atoms. The normalized spacial score (nSPS) is 14.7. The highest BCUT2D eigenvalue weighted by molar-refractivity contribution is 7.89. The second-order valence-corrected chi connectivity index (χ2v) is 14.6. The summed E-state index contributed by atoms with van der Waals surface area (Å²) >= 11 is 0. The van der Waals surface area contributed by atoms with Crippen molar-refractivity contribution in [3.8, 4) is 11.5 Å². The summed E-state index contributed by atoms with van der Waals surface area (Å²) in [6.45, 7) is 14.0. The summed E-state index contributed by atoms with van der Waals surface area (Å²) in [6, 6.07) is 9.79. The zero-order valence-corrected chi connectivity index (χ0v) is 28.1. The minimum Gasteiger partial charge on any atom is -0.493 e. The fourth-order valence-electron chi connectivity index (χ4n) is 5.40. The lowest BCUT2D eigenvalue weighted by molar-refractivity contribution is -0.127. The minimum atomic E-state index is -4.10. The molecule has 11 heteroatoms. The van der Waals surface area contributed by atoms with Crippen LogP contribution in [-0.4, -0.2) is 65.2 Å². The van der Waals surface area contributed by atoms with Gasteiger partial charge in [0.05, 0.1) is 12.0 Å². The molecule has 1 heterocycles. The summed E-state index contributed by atoms with van der Waals surface area (Å²) in [4.78, 5) is 15.0. The van der Waals surface area contributed by atoms with Gasteiger partial charge < -0.3 is 13.8 Å². The molecular formula is C33H40N2O7S2. The highest BCUT2D eigenvalue weighted by Crippen LogP contribution is 2.33. The summed E-state index contributed by atoms with van der Waals surface area (Å²) in [6.07, 6.45) is 3.01. The summed E-state index contributed by atoms with van der Waals surface area (Å²) in [5.74, 6) is -0.0358. The number of methoxy groups -OCH3 is 1. The lowest BCUT2D eigenvalue weighted by atomic mass is 9.95. The monoisotopic (exact) mass is 640 g/mol. The molecule has 0 aromatic heterocycles. The molecule has 1 aliphatic rings. The van der Waals surface area contributed by atoms with E-state index in [1.807, 2.05) is 40.7 Å². The zero-order chi connectivity index (χ0) is 32.6. The van der Waals surface area contributed by atoms with Crippen LogP contribution in [0.3, 0.4) is 0 Å². The maximum absolute atomic E-state index is 13.7. The molecule has 236 valence electrons. The third-order valence-corrected chi connectivity index (χ3v) is 12.0. The van der Waals surface area contributed by atoms with E-state index in [1.165, 1.54) is 23.6 Å². The van der Waals surface area contributed by atoms with Gasteiger partial charge in [-0.25, -0.2) is 8.42 Å². The van der Waals surface area contributed by atoms with Crippen LogP contribution >= 0.6 is 0 Å². The molecule has 0 radical (unpaired) electrons. The lowest BCUT2D eigenvalue weighted by Gasteiger charge is -2.34. The van der Waals surface area contributed by atoms with E-state index in [0.717, 1.165) is 33.4 Å². The number of ether oxygens (including phenoxy) is 1. The van der Waals surface area contributed by atoms with E-state index < -0.39 is 20.1 Å². The first-order valence-electron chi connectivity index (χ1n) is 14.3. The van der Waals surface area contributed by atoms with Crippen molar-refractivity contribution in [3.05, 3.63) is 87.0 Å². The molecule has 9 nitrogen and oxygen atoms in total. The molecule has 0 aliphatic carbocycles. The smallest absolute Gasteiger partial charge is 0.339 e. The Morgan fingerprint density at radius 1 is 0.750 bits per heavy atom. The topological polar surface area (TPSA) is 110 Å². The first-order chi connectivity index (χ1) is 20.6. The fourth-order valence-corrected chi connectivity index (χ4v) is 8.64. The van der Waals surface area contributed by atoms with Gasteiger partial charge >= 0.3 is 10.1 Å². The Labute approximate surface area is 261 Å². The third-order valence-electron chi connectivity index (χ3n) is 8.50. The number of rotatable bonds is 8. The van der Waals surface area contributed by atoms with Gasteiger partial charge in [-0.05, 0) is 117 Å². The molecule has 0 saturated carbocycles. The first kappa shape index (κ1) is 33.2. The number of amides is 1. The molecule has 3 aromatic carbocycles. The van der Waals surface area contributed by atoms with Crippen LogP contribution in [0.25, 0.3) is 6.08 Å². The number of nitrogens with zero attached hydrogens (tertiary/aromatic N) is 2. The van der Waals surface area contributed by atoms with Crippen molar-refractivity contribution in [1.82, 2.24) is 9.21 Å². The van der Waals surface area contributed by atoms with Crippen LogP contribution in [0.2, 0.25) is 0 Å². The largest absolute Gasteiger partial charge is 0.493 e. The van der Waals surface area contributed by atoms with Gasteiger partial charge in [0.2, 0.25) is 15.9 Å². The number of hydrogen-bond donors (Lipinski definition) is 0. The minimum absolute atomic E-state index is 0.0265. The van der Waals surface area contributed by atoms with Crippen LogP contribution in [0.5, 0.6) is 11.5 Å². The van der Waals surface area contributed by atoms with Gasteiger partial charge in [-0.15, -0.1) is 0 Å². The fraction of sp³-hybridized carbons (Fsp3) is 0.364. The van der Waals surface area contributed by atoms with Crippen molar-refractivity contribution in [2.24, 2.45) is 0 Å². The SMILES string of the molecule is COc1cc(/C=C/C(=O)N2CCN(S(=O)(=O)c3c(C)c(C)c(C)c(C)c3C)CC2)ccc1OS(=O)(=O)c1cc(C)ccc1C. The van der Waals surface area contributed by atoms with E-state index in [2.05, 4.69) is 0 Å². The number of piperazine rings is 1. The number of aryl methyl sites for hydroxylation is 2. The number of carbonyl (C=O) groups is 1. The third kappa shape index (κ3) is 6.55. The molecule has 4 rings (SSSR count). The van der Waals surface area contributed by atoms with Crippen LogP contribution in [0.4, 0.5) is 0 Å². The van der Waals surface area contributed by atoms with Gasteiger partial charge in [0.25, 0.3) is 0 Å². The Kier molecular flexibility index (Phi) is 9.63. The molecule has 1 fully saturated rings. The second kappa shape index (κ2) is 12.7. The number of sulfonamides is 1. The highest BCUT2D eigenvalue weighted by atomic mass is 32.2. The average Bonchev–Trinajstić information content (AvgIpc) is 2.99. The zero-order valence-electron chi connectivity index (χ0n) is 26.5. The van der Waals surface area contributed by atoms with Gasteiger partial charge in [0.15, 0.2) is 11.5 Å². The molecule has 0 spiro atoms. The Morgan fingerprint density at radius 2 is 1.34 bits per heavy atom. The van der Waals surface area contributed by atoms with Gasteiger partial charge in [-0.2, -0.15) is 12.7 Å². The predicted octanol–water partition coefficient (Wildman–Crippen LogP) is 5.17. The number of carbonyl (C=O) groups excluding carboxylic acids is 1. The van der Waals surface area contributed by atoms with E-state index in [9.17, 15) is 21.6 Å². The van der Waals surface area contributed by atoms with Crippen molar-refractivity contribution < 1.29 is 30.6 Å². The number of hydrogen-bond acceptors (Lipinski definition) is 7. The van der Waals surface area contributed by atoms with Crippen LogP contribution in [-0.2, 0) is 24.9 Å². The molecule has 1 aliphatic heterocycles. The number of benzene rings is 3. The Balaban J connectivity index is 1.44. The Bertz CT molecular complexity index is 1830. The van der Waals surface area contributed by atoms with Crippen LogP contribution in [0.15, 0.2) is 52.3 Å². The van der Waals surface area contributed by atoms with E-state index in [-0.39, 0.29) is 48.5 Å². The predicted molar refractivity (Wildman–Crippen MR) is 171 cm³/mol. The first-order valence-corrected chi connectivity index (χ1v) is 17.2. The van der Waals surface area contributed by atoms with E-state index in [4.69, 9.17) is 8.92 Å². The van der Waals surface area contributed by atoms with E-state index in [0.29, 0.717) is 16.0 Å². The van der Waals surface area contributed by atoms with Crippen LogP contribution in [0, 0.1) is 48.5 Å². The Morgan fingerprint density at radius 3 is 1.93 bits per heavy atom. The summed E-state index contributed by atoms with van der Waals surface area (Å²) in [5, 5.41) is 0. The molecule has 1 amide bonds. The van der Waals surface area contributed by atoms with Crippen molar-refractivity contribution >= 4 is 32.1 Å². The van der Waals surface area contributed by atoms with Gasteiger partial charge in [0.1, 0.15) is 4.90 Å². The molecule has 0 atom stereocenters. The molecule has 0 unspecified atom stereocenters. The molecule has 1 saturated heterocycles. The quantitative estimate of drug-likeness (QED) is 0.247. The van der Waals surface area contributed by atoms with Crippen molar-refractivity contribution in [1.29, 1.82) is 0 Å². The second-order valence-electron chi connectivity index (χ2n) is 11.2. The van der Waals surface area contributed by atoms with Gasteiger partial charge in [0, 0.05) is 32.3 Å². The van der Waals surface area contributed by atoms with Crippen LogP contribution in [0.1, 0.15) is 44.5 Å². The maximum Gasteiger partial charge on any atom is 0.339 e. The summed E-state index contributed by atoms with van der Waals surface area (Å²) in [5.41, 5.74) is 6.54. The molecular weight excluding hydrogens is 601 g/mol. The summed E-state index contributed by atoms with van der Waals surface area (Å²) < 4.78 is 65.5. The van der Waals surface area contributed by atoms with Crippen LogP contribution < -0.4 is 8.92 Å². The standard InChI is InChI=1S/C33H40N2O7S2/c1-21-9-10-22(2)31(19-21)44(39,40)42-29-13-11-28(20-30(29)41-8)12-14-32(36)34-15-17-35(18-16-34)43(37,38)33-26(6)24(4)23(3)25(5)27(33)7/h9-14,19-20H,15-18H2,1-8H3/b14-12+. The van der Waals surface area contributed by atoms with Gasteiger partial charge in [-0.1, -0.05) is 18.2 Å². The molecule has 0 N–H and O–H groups in total. The van der Waals surface area contributed by atoms with E-state index >= 15 is 0 Å². The lowest BCUT2D eigenvalue weighted by Crippen LogP contribution is -2.50. The molecule has 0 bridgehead atoms. The highest BCUT2D eigenvalue weighted by Gasteiger charge is 2.33. The van der Waals surface area contributed by atoms with E-state index in [1.54, 1.807) is 49.1 Å². The van der Waals surface area contributed by atoms with Crippen molar-refractivity contribution in [3.63, 3.8) is 0 Å². The van der Waals surface area contributed by atoms with Gasteiger partial charge in [-0.3, -0.25) is 4.79 Å². The maximum atomic E-state index is 13.7. The average molecular weight is 641 g/mol. The van der Waals surface area contributed by atoms with Crippen molar-refractivity contribution in [2.45, 2.75) is 58.3 Å². The Hall–Kier alpha value is -3.67. The summed E-state index contributed by atoms with van der Waals surface area (Å²) in [7, 11) is -6.43. The van der Waals surface area contributed by atoms with Crippen molar-refractivity contribution in [2.75, 3.05) is 33.3 Å². The molecule has 3 aromatic rings.